The van der Waals surface area contributed by atoms with Crippen LogP contribution in [0.4, 0.5) is 15.8 Å². The topological polar surface area (TPSA) is 98.7 Å². The van der Waals surface area contributed by atoms with Crippen molar-refractivity contribution in [2.24, 2.45) is 11.8 Å². The zero-order valence-electron chi connectivity index (χ0n) is 19.5. The molecule has 3 aromatic carbocycles. The van der Waals surface area contributed by atoms with Crippen LogP contribution in [0.5, 0.6) is 5.75 Å². The third kappa shape index (κ3) is 3.10. The fraction of sp³-hybridized carbons (Fsp3) is 0.250. The zero-order chi connectivity index (χ0) is 25.2. The van der Waals surface area contributed by atoms with Crippen LogP contribution in [0.2, 0.25) is 0 Å². The van der Waals surface area contributed by atoms with E-state index in [0.29, 0.717) is 23.4 Å². The summed E-state index contributed by atoms with van der Waals surface area (Å²) in [5.74, 6) is -3.65. The first-order chi connectivity index (χ1) is 17.3. The molecular weight excluding hydrogens is 461 g/mol. The molecule has 3 N–H and O–H groups in total. The lowest BCUT2D eigenvalue weighted by Crippen LogP contribution is -2.53. The van der Waals surface area contributed by atoms with E-state index in [4.69, 9.17) is 0 Å². The molecule has 0 unspecified atom stereocenters. The van der Waals surface area contributed by atoms with Crippen molar-refractivity contribution in [3.05, 3.63) is 89.2 Å². The fourth-order valence-corrected chi connectivity index (χ4v) is 5.97. The third-order valence-electron chi connectivity index (χ3n) is 7.67. The van der Waals surface area contributed by atoms with Gasteiger partial charge in [0.1, 0.15) is 17.1 Å². The molecule has 0 aliphatic carbocycles. The number of aryl methyl sites for hydroxylation is 1. The van der Waals surface area contributed by atoms with Crippen LogP contribution in [0.25, 0.3) is 0 Å². The smallest absolute Gasteiger partial charge is 0.250 e. The molecule has 4 atom stereocenters. The molecule has 182 valence electrons. The van der Waals surface area contributed by atoms with Gasteiger partial charge in [-0.2, -0.15) is 0 Å². The number of hydrogen-bond donors (Lipinski definition) is 3. The Bertz CT molecular complexity index is 1410. The molecule has 36 heavy (non-hydrogen) atoms. The predicted octanol–water partition coefficient (Wildman–Crippen LogP) is 3.26. The molecule has 2 fully saturated rings. The maximum absolute atomic E-state index is 14.4. The van der Waals surface area contributed by atoms with Crippen molar-refractivity contribution in [3.63, 3.8) is 0 Å². The summed E-state index contributed by atoms with van der Waals surface area (Å²) in [6.07, 6.45) is 1.15. The fourth-order valence-electron chi connectivity index (χ4n) is 5.97. The second kappa shape index (κ2) is 7.99. The van der Waals surface area contributed by atoms with E-state index in [1.165, 1.54) is 23.1 Å². The molecule has 0 bridgehead atoms. The van der Waals surface area contributed by atoms with Gasteiger partial charge in [0.15, 0.2) is 0 Å². The van der Waals surface area contributed by atoms with E-state index >= 15 is 0 Å². The number of imide groups is 1. The molecule has 3 aliphatic rings. The summed E-state index contributed by atoms with van der Waals surface area (Å²) < 4.78 is 14.4. The normalized spacial score (nSPS) is 26.4. The van der Waals surface area contributed by atoms with Crippen LogP contribution in [0, 0.1) is 17.7 Å². The summed E-state index contributed by atoms with van der Waals surface area (Å²) in [5.41, 5.74) is 1.53. The van der Waals surface area contributed by atoms with Gasteiger partial charge in [-0.3, -0.25) is 19.7 Å². The van der Waals surface area contributed by atoms with E-state index in [1.54, 1.807) is 36.4 Å². The zero-order valence-corrected chi connectivity index (χ0v) is 19.5. The van der Waals surface area contributed by atoms with Crippen LogP contribution in [-0.4, -0.2) is 28.9 Å². The van der Waals surface area contributed by atoms with E-state index in [9.17, 15) is 23.9 Å². The van der Waals surface area contributed by atoms with Gasteiger partial charge < -0.3 is 10.4 Å². The quantitative estimate of drug-likeness (QED) is 0.493. The van der Waals surface area contributed by atoms with E-state index in [2.05, 4.69) is 10.6 Å². The van der Waals surface area contributed by atoms with Gasteiger partial charge in [0.25, 0.3) is 0 Å². The van der Waals surface area contributed by atoms with E-state index < -0.39 is 41.0 Å². The van der Waals surface area contributed by atoms with Crippen molar-refractivity contribution in [1.29, 1.82) is 0 Å². The van der Waals surface area contributed by atoms with Gasteiger partial charge in [0, 0.05) is 17.3 Å². The molecule has 2 saturated heterocycles. The molecule has 3 aliphatic heterocycles. The van der Waals surface area contributed by atoms with Crippen molar-refractivity contribution in [1.82, 2.24) is 5.32 Å². The molecule has 3 aromatic rings. The first-order valence-corrected chi connectivity index (χ1v) is 12.0. The number of carbonyl (C=O) groups excluding carboxylic acids is 3. The Hall–Kier alpha value is -4.04. The molecule has 3 amide bonds. The number of halogens is 1. The first kappa shape index (κ1) is 22.4. The summed E-state index contributed by atoms with van der Waals surface area (Å²) in [7, 11) is 0. The molecular formula is C28H24FN3O4. The summed E-state index contributed by atoms with van der Waals surface area (Å²) in [5, 5.41) is 15.8. The molecule has 0 radical (unpaired) electrons. The van der Waals surface area contributed by atoms with Gasteiger partial charge in [-0.1, -0.05) is 31.2 Å². The minimum absolute atomic E-state index is 0.112. The van der Waals surface area contributed by atoms with Crippen LogP contribution in [0.15, 0.2) is 66.7 Å². The maximum atomic E-state index is 14.4. The highest BCUT2D eigenvalue weighted by atomic mass is 19.1. The van der Waals surface area contributed by atoms with Crippen molar-refractivity contribution in [2.75, 3.05) is 10.2 Å². The van der Waals surface area contributed by atoms with Crippen molar-refractivity contribution in [2.45, 2.75) is 31.3 Å². The molecule has 3 heterocycles. The number of aromatic hydroxyl groups is 1. The highest BCUT2D eigenvalue weighted by Crippen LogP contribution is 2.54. The van der Waals surface area contributed by atoms with E-state index in [-0.39, 0.29) is 11.7 Å². The Balaban J connectivity index is 1.48. The van der Waals surface area contributed by atoms with Gasteiger partial charge in [-0.05, 0) is 66.4 Å². The summed E-state index contributed by atoms with van der Waals surface area (Å²) >= 11 is 0. The van der Waals surface area contributed by atoms with Gasteiger partial charge in [0.05, 0.1) is 17.5 Å². The van der Waals surface area contributed by atoms with Crippen molar-refractivity contribution < 1.29 is 23.9 Å². The lowest BCUT2D eigenvalue weighted by Gasteiger charge is -2.29. The van der Waals surface area contributed by atoms with Crippen LogP contribution < -0.4 is 15.5 Å². The van der Waals surface area contributed by atoms with Crippen LogP contribution in [-0.2, 0) is 32.8 Å². The lowest BCUT2D eigenvalue weighted by molar-refractivity contribution is -0.130. The predicted molar refractivity (Wildman–Crippen MR) is 131 cm³/mol. The molecule has 0 aromatic heterocycles. The van der Waals surface area contributed by atoms with Crippen molar-refractivity contribution in [3.8, 4) is 5.75 Å². The third-order valence-corrected chi connectivity index (χ3v) is 7.67. The number of rotatable bonds is 4. The summed E-state index contributed by atoms with van der Waals surface area (Å²) in [4.78, 5) is 42.5. The number of hydrogen-bond acceptors (Lipinski definition) is 5. The van der Waals surface area contributed by atoms with Crippen LogP contribution >= 0.6 is 0 Å². The molecule has 7 nitrogen and oxygen atoms in total. The Kier molecular flexibility index (Phi) is 4.98. The van der Waals surface area contributed by atoms with Gasteiger partial charge >= 0.3 is 0 Å². The first-order valence-electron chi connectivity index (χ1n) is 12.0. The number of anilines is 2. The number of nitrogens with one attached hydrogen (secondary N) is 2. The Morgan fingerprint density at radius 2 is 1.64 bits per heavy atom. The molecule has 8 heteroatoms. The van der Waals surface area contributed by atoms with Crippen LogP contribution in [0.3, 0.4) is 0 Å². The SMILES string of the molecule is CCc1ccc(N2C(=O)[C@H]3[C@@H](C2=O)[C@@]2(N[C@@H]3Cc3ccc(O)cc3)C(=O)Nc3ccc(F)cc32)cc1. The largest absolute Gasteiger partial charge is 0.508 e. The number of benzene rings is 3. The molecule has 0 saturated carbocycles. The molecule has 6 rings (SSSR count). The number of carbonyl (C=O) groups is 3. The number of phenols is 1. The van der Waals surface area contributed by atoms with E-state index in [0.717, 1.165) is 17.5 Å². The summed E-state index contributed by atoms with van der Waals surface area (Å²) in [6, 6.07) is 17.2. The van der Waals surface area contributed by atoms with Crippen molar-refractivity contribution >= 4 is 29.1 Å². The Morgan fingerprint density at radius 3 is 2.33 bits per heavy atom. The summed E-state index contributed by atoms with van der Waals surface area (Å²) in [6.45, 7) is 2.02. The number of amides is 3. The standard InChI is InChI=1S/C28H24FN3O4/c1-2-15-3-8-18(9-4-15)32-25(34)23-22(13-16-5-10-19(33)11-6-16)31-28(24(23)26(32)35)20-14-17(29)7-12-21(20)30-27(28)36/h3-12,14,22-24,31,33H,2,13H2,1H3,(H,30,36)/t22-,23-,24+,28-/m1/s1. The van der Waals surface area contributed by atoms with E-state index in [1.807, 2.05) is 19.1 Å². The minimum Gasteiger partial charge on any atom is -0.508 e. The maximum Gasteiger partial charge on any atom is 0.250 e. The Morgan fingerprint density at radius 1 is 0.944 bits per heavy atom. The van der Waals surface area contributed by atoms with Gasteiger partial charge in [-0.25, -0.2) is 9.29 Å². The highest BCUT2D eigenvalue weighted by Gasteiger charge is 2.70. The average Bonchev–Trinajstić information content (AvgIpc) is 3.45. The average molecular weight is 486 g/mol. The van der Waals surface area contributed by atoms with Gasteiger partial charge in [0.2, 0.25) is 17.7 Å². The highest BCUT2D eigenvalue weighted by molar-refractivity contribution is 6.25. The lowest BCUT2D eigenvalue weighted by atomic mass is 9.76. The number of phenolic OH excluding ortho intramolecular Hbond substituents is 1. The monoisotopic (exact) mass is 485 g/mol. The number of fused-ring (bicyclic) bond motifs is 4. The minimum atomic E-state index is -1.57. The van der Waals surface area contributed by atoms with Crippen LogP contribution in [0.1, 0.15) is 23.6 Å². The number of nitrogens with zero attached hydrogens (tertiary/aromatic N) is 1. The van der Waals surface area contributed by atoms with Gasteiger partial charge in [-0.15, -0.1) is 0 Å². The molecule has 1 spiro atoms. The second-order valence-corrected chi connectivity index (χ2v) is 9.61. The Labute approximate surface area is 206 Å². The second-order valence-electron chi connectivity index (χ2n) is 9.61.